The van der Waals surface area contributed by atoms with Gasteiger partial charge in [0.25, 0.3) is 0 Å². The molecular weight excluding hydrogens is 641 g/mol. The lowest BCUT2D eigenvalue weighted by Crippen LogP contribution is -2.33. The molecule has 1 atom stereocenters. The van der Waals surface area contributed by atoms with Gasteiger partial charge in [0.05, 0.1) is 16.6 Å². The van der Waals surface area contributed by atoms with E-state index >= 15 is 0 Å². The zero-order valence-corrected chi connectivity index (χ0v) is 27.7. The molecule has 1 unspecified atom stereocenters. The SMILES string of the molecule is c1ccc(C2=NC(c3cccc4oc5ccccc5c34)NC(c3ccc(-c4nc5ccccc5c5oc6ccccc6c45)c4ccccc34)=N2)cc1. The Kier molecular flexibility index (Phi) is 6.21. The maximum Gasteiger partial charge on any atom is 0.159 e. The molecule has 7 aromatic carbocycles. The fourth-order valence-corrected chi connectivity index (χ4v) is 7.81. The van der Waals surface area contributed by atoms with E-state index in [9.17, 15) is 0 Å². The van der Waals surface area contributed by atoms with Crippen LogP contribution in [0.25, 0.3) is 76.8 Å². The van der Waals surface area contributed by atoms with Crippen LogP contribution in [0, 0.1) is 0 Å². The van der Waals surface area contributed by atoms with Crippen molar-refractivity contribution in [3.63, 3.8) is 0 Å². The van der Waals surface area contributed by atoms with Gasteiger partial charge in [-0.3, -0.25) is 0 Å². The molecule has 4 heterocycles. The van der Waals surface area contributed by atoms with Gasteiger partial charge in [-0.05, 0) is 47.2 Å². The largest absolute Gasteiger partial charge is 0.456 e. The molecule has 0 amide bonds. The standard InChI is InChI=1S/C46H28N4O2/c1-2-13-27(14-3-1)44-48-45(50-46(49-44)35-20-12-24-39-40(35)33-18-7-10-22-37(33)51-39)31-26-25-30(28-15-4-5-16-29(28)31)42-41-34-19-8-11-23-38(34)52-43(41)32-17-6-9-21-36(32)47-42/h1-26,46H,(H,48,49,50). The van der Waals surface area contributed by atoms with E-state index in [0.29, 0.717) is 5.84 Å². The first-order valence-electron chi connectivity index (χ1n) is 17.4. The third kappa shape index (κ3) is 4.34. The van der Waals surface area contributed by atoms with Crippen LogP contribution in [0.1, 0.15) is 22.9 Å². The van der Waals surface area contributed by atoms with E-state index in [4.69, 9.17) is 23.8 Å². The van der Waals surface area contributed by atoms with Gasteiger partial charge < -0.3 is 14.2 Å². The highest BCUT2D eigenvalue weighted by Gasteiger charge is 2.26. The molecule has 11 rings (SSSR count). The minimum absolute atomic E-state index is 0.412. The first kappa shape index (κ1) is 28.8. The van der Waals surface area contributed by atoms with E-state index in [0.717, 1.165) is 99.3 Å². The summed E-state index contributed by atoms with van der Waals surface area (Å²) in [5, 5.41) is 11.0. The normalized spacial score (nSPS) is 14.7. The fourth-order valence-electron chi connectivity index (χ4n) is 7.81. The van der Waals surface area contributed by atoms with E-state index in [1.165, 1.54) is 0 Å². The summed E-state index contributed by atoms with van der Waals surface area (Å²) in [4.78, 5) is 15.7. The van der Waals surface area contributed by atoms with E-state index in [1.54, 1.807) is 0 Å². The predicted molar refractivity (Wildman–Crippen MR) is 211 cm³/mol. The molecule has 1 N–H and O–H groups in total. The third-order valence-corrected chi connectivity index (χ3v) is 10.2. The maximum absolute atomic E-state index is 6.53. The fraction of sp³-hybridized carbons (Fsp3) is 0.0217. The number of hydrogen-bond donors (Lipinski definition) is 1. The predicted octanol–water partition coefficient (Wildman–Crippen LogP) is 11.3. The molecule has 6 heteroatoms. The van der Waals surface area contributed by atoms with Crippen LogP contribution in [0.2, 0.25) is 0 Å². The summed E-state index contributed by atoms with van der Waals surface area (Å²) in [6, 6.07) is 53.8. The first-order chi connectivity index (χ1) is 25.8. The second-order valence-electron chi connectivity index (χ2n) is 13.1. The Bertz CT molecular complexity index is 3120. The Morgan fingerprint density at radius 3 is 1.90 bits per heavy atom. The van der Waals surface area contributed by atoms with E-state index in [1.807, 2.05) is 72.8 Å². The van der Waals surface area contributed by atoms with Crippen LogP contribution < -0.4 is 5.32 Å². The minimum atomic E-state index is -0.412. The van der Waals surface area contributed by atoms with Crippen molar-refractivity contribution in [3.05, 3.63) is 174 Å². The molecule has 0 bridgehead atoms. The number of rotatable bonds is 4. The molecular formula is C46H28N4O2. The van der Waals surface area contributed by atoms with Gasteiger partial charge in [-0.2, -0.15) is 0 Å². The summed E-state index contributed by atoms with van der Waals surface area (Å²) in [5.41, 5.74) is 9.14. The maximum atomic E-state index is 6.53. The number of fused-ring (bicyclic) bond motifs is 9. The molecule has 0 fully saturated rings. The van der Waals surface area contributed by atoms with Crippen molar-refractivity contribution in [2.24, 2.45) is 9.98 Å². The number of nitrogens with zero attached hydrogens (tertiary/aromatic N) is 3. The lowest BCUT2D eigenvalue weighted by Gasteiger charge is -2.25. The molecule has 6 nitrogen and oxygen atoms in total. The summed E-state index contributed by atoms with van der Waals surface area (Å²) in [7, 11) is 0. The lowest BCUT2D eigenvalue weighted by molar-refractivity contribution is 0.662. The van der Waals surface area contributed by atoms with Gasteiger partial charge in [0.1, 0.15) is 34.3 Å². The molecule has 244 valence electrons. The number of aromatic nitrogens is 1. The molecule has 10 aromatic rings. The number of nitrogens with one attached hydrogen (secondary N) is 1. The Balaban J connectivity index is 1.13. The Hall–Kier alpha value is -7.05. The molecule has 3 aromatic heterocycles. The highest BCUT2D eigenvalue weighted by Crippen LogP contribution is 2.42. The zero-order chi connectivity index (χ0) is 34.2. The van der Waals surface area contributed by atoms with Crippen LogP contribution in [0.5, 0.6) is 0 Å². The lowest BCUT2D eigenvalue weighted by atomic mass is 9.94. The molecule has 0 radical (unpaired) electrons. The Morgan fingerprint density at radius 2 is 1.10 bits per heavy atom. The van der Waals surface area contributed by atoms with Crippen molar-refractivity contribution in [2.75, 3.05) is 0 Å². The first-order valence-corrected chi connectivity index (χ1v) is 17.4. The van der Waals surface area contributed by atoms with Gasteiger partial charge in [-0.25, -0.2) is 15.0 Å². The van der Waals surface area contributed by atoms with Crippen LogP contribution in [0.3, 0.4) is 0 Å². The smallest absolute Gasteiger partial charge is 0.159 e. The summed E-state index contributed by atoms with van der Waals surface area (Å²) in [6.45, 7) is 0. The molecule has 0 spiro atoms. The minimum Gasteiger partial charge on any atom is -0.456 e. The van der Waals surface area contributed by atoms with Crippen LogP contribution in [0.4, 0.5) is 0 Å². The highest BCUT2D eigenvalue weighted by atomic mass is 16.3. The van der Waals surface area contributed by atoms with Crippen molar-refractivity contribution < 1.29 is 8.83 Å². The van der Waals surface area contributed by atoms with Gasteiger partial charge in [0, 0.05) is 43.8 Å². The average Bonchev–Trinajstić information content (AvgIpc) is 3.80. The number of furan rings is 2. The monoisotopic (exact) mass is 668 g/mol. The molecule has 0 saturated heterocycles. The number of amidine groups is 2. The van der Waals surface area contributed by atoms with Crippen LogP contribution >= 0.6 is 0 Å². The zero-order valence-electron chi connectivity index (χ0n) is 27.7. The number of para-hydroxylation sites is 3. The van der Waals surface area contributed by atoms with Gasteiger partial charge in [0.15, 0.2) is 5.84 Å². The van der Waals surface area contributed by atoms with Gasteiger partial charge in [-0.1, -0.05) is 121 Å². The molecule has 0 aliphatic carbocycles. The number of aliphatic imine (C=N–C) groups is 2. The quantitative estimate of drug-likeness (QED) is 0.202. The summed E-state index contributed by atoms with van der Waals surface area (Å²) in [5.74, 6) is 1.41. The Morgan fingerprint density at radius 1 is 0.481 bits per heavy atom. The van der Waals surface area contributed by atoms with Crippen LogP contribution in [-0.2, 0) is 0 Å². The van der Waals surface area contributed by atoms with Gasteiger partial charge in [-0.15, -0.1) is 0 Å². The summed E-state index contributed by atoms with van der Waals surface area (Å²) in [6.07, 6.45) is -0.412. The number of benzene rings is 7. The van der Waals surface area contributed by atoms with Crippen LogP contribution in [-0.4, -0.2) is 16.7 Å². The molecule has 1 aliphatic heterocycles. The molecule has 1 aliphatic rings. The molecule has 0 saturated carbocycles. The van der Waals surface area contributed by atoms with Gasteiger partial charge in [0.2, 0.25) is 0 Å². The molecule has 52 heavy (non-hydrogen) atoms. The highest BCUT2D eigenvalue weighted by molar-refractivity contribution is 6.23. The van der Waals surface area contributed by atoms with Crippen molar-refractivity contribution in [1.29, 1.82) is 0 Å². The Labute approximate surface area is 297 Å². The van der Waals surface area contributed by atoms with E-state index < -0.39 is 6.17 Å². The van der Waals surface area contributed by atoms with Crippen molar-refractivity contribution in [1.82, 2.24) is 10.3 Å². The number of hydrogen-bond acceptors (Lipinski definition) is 6. The topological polar surface area (TPSA) is 75.9 Å². The van der Waals surface area contributed by atoms with Crippen molar-refractivity contribution in [3.8, 4) is 11.3 Å². The summed E-state index contributed by atoms with van der Waals surface area (Å²) >= 11 is 0. The second-order valence-corrected chi connectivity index (χ2v) is 13.1. The third-order valence-electron chi connectivity index (χ3n) is 10.2. The van der Waals surface area contributed by atoms with E-state index in [2.05, 4.69) is 90.2 Å². The van der Waals surface area contributed by atoms with E-state index in [-0.39, 0.29) is 0 Å². The van der Waals surface area contributed by atoms with Gasteiger partial charge >= 0.3 is 0 Å². The van der Waals surface area contributed by atoms with Crippen LogP contribution in [0.15, 0.2) is 177 Å². The number of pyridine rings is 1. The average molecular weight is 669 g/mol. The summed E-state index contributed by atoms with van der Waals surface area (Å²) < 4.78 is 12.8. The second kappa shape index (κ2) is 11.2. The van der Waals surface area contributed by atoms with Crippen molar-refractivity contribution in [2.45, 2.75) is 6.17 Å². The van der Waals surface area contributed by atoms with Crippen molar-refractivity contribution >= 4 is 77.2 Å².